The van der Waals surface area contributed by atoms with Gasteiger partial charge in [0.2, 0.25) is 0 Å². The van der Waals surface area contributed by atoms with Crippen molar-refractivity contribution in [1.29, 1.82) is 5.41 Å². The van der Waals surface area contributed by atoms with E-state index in [9.17, 15) is 9.59 Å². The van der Waals surface area contributed by atoms with E-state index in [1.807, 2.05) is 17.0 Å². The minimum absolute atomic E-state index is 0.00539. The maximum absolute atomic E-state index is 11.0. The molecular weight excluding hydrogens is 404 g/mol. The molecule has 2 saturated heterocycles. The standard InChI is InChI=1S/C21H30N4O6/c22-20(23)15-3-1-14(2-4-15)17-11-16(31-24-17)12-21(30-10-5-18(26)27)6-8-25(9-7-21)13-19(28)29/h1-4,16-17,24H,5-13H2,(H3,22,23)(H,26,27)(H,28,29). The number of ether oxygens (including phenoxy) is 1. The number of aliphatic carboxylic acids is 2. The molecule has 0 bridgehead atoms. The summed E-state index contributed by atoms with van der Waals surface area (Å²) < 4.78 is 6.08. The number of benzene rings is 1. The van der Waals surface area contributed by atoms with Crippen molar-refractivity contribution in [2.24, 2.45) is 5.73 Å². The third kappa shape index (κ3) is 6.47. The van der Waals surface area contributed by atoms with Crippen molar-refractivity contribution in [1.82, 2.24) is 10.4 Å². The summed E-state index contributed by atoms with van der Waals surface area (Å²) in [5, 5.41) is 25.5. The van der Waals surface area contributed by atoms with Crippen LogP contribution in [0, 0.1) is 5.41 Å². The molecule has 170 valence electrons. The van der Waals surface area contributed by atoms with Crippen LogP contribution in [0.3, 0.4) is 0 Å². The summed E-state index contributed by atoms with van der Waals surface area (Å²) in [6.45, 7) is 1.26. The number of likely N-dealkylation sites (tertiary alicyclic amines) is 1. The highest BCUT2D eigenvalue weighted by atomic mass is 16.7. The number of nitrogens with zero attached hydrogens (tertiary/aromatic N) is 1. The number of hydrogen-bond acceptors (Lipinski definition) is 7. The number of nitrogen functional groups attached to an aromatic ring is 1. The Morgan fingerprint density at radius 2 is 1.90 bits per heavy atom. The van der Waals surface area contributed by atoms with Crippen molar-refractivity contribution in [3.63, 3.8) is 0 Å². The van der Waals surface area contributed by atoms with Gasteiger partial charge in [0.25, 0.3) is 0 Å². The monoisotopic (exact) mass is 434 g/mol. The van der Waals surface area contributed by atoms with Crippen molar-refractivity contribution in [3.8, 4) is 0 Å². The first kappa shape index (κ1) is 23.1. The number of carboxylic acid groups (broad SMARTS) is 2. The third-order valence-corrected chi connectivity index (χ3v) is 5.95. The first-order chi connectivity index (χ1) is 14.8. The second-order valence-corrected chi connectivity index (χ2v) is 8.23. The van der Waals surface area contributed by atoms with Crippen LogP contribution in [0.1, 0.15) is 49.3 Å². The van der Waals surface area contributed by atoms with Gasteiger partial charge in [-0.15, -0.1) is 0 Å². The lowest BCUT2D eigenvalue weighted by Crippen LogP contribution is -2.49. The van der Waals surface area contributed by atoms with Crippen LogP contribution in [0.25, 0.3) is 0 Å². The van der Waals surface area contributed by atoms with Crippen LogP contribution >= 0.6 is 0 Å². The van der Waals surface area contributed by atoms with Crippen LogP contribution in [-0.4, -0.2) is 70.8 Å². The number of carbonyl (C=O) groups is 2. The molecular formula is C21H30N4O6. The molecule has 3 rings (SSSR count). The van der Waals surface area contributed by atoms with E-state index in [1.165, 1.54) is 0 Å². The molecule has 1 aromatic carbocycles. The van der Waals surface area contributed by atoms with E-state index in [0.717, 1.165) is 12.0 Å². The SMILES string of the molecule is N=C(N)c1ccc(C2CC(CC3(OCCC(=O)O)CCN(CC(=O)O)CC3)ON2)cc1. The zero-order valence-electron chi connectivity index (χ0n) is 17.4. The fourth-order valence-electron chi connectivity index (χ4n) is 4.25. The highest BCUT2D eigenvalue weighted by Gasteiger charge is 2.41. The summed E-state index contributed by atoms with van der Waals surface area (Å²) >= 11 is 0. The number of piperidine rings is 1. The topological polar surface area (TPSA) is 158 Å². The summed E-state index contributed by atoms with van der Waals surface area (Å²) in [6, 6.07) is 7.45. The molecule has 0 amide bonds. The maximum Gasteiger partial charge on any atom is 0.317 e. The van der Waals surface area contributed by atoms with Gasteiger partial charge >= 0.3 is 11.9 Å². The van der Waals surface area contributed by atoms with Gasteiger partial charge in [0.1, 0.15) is 5.84 Å². The predicted octanol–water partition coefficient (Wildman–Crippen LogP) is 1.11. The first-order valence-corrected chi connectivity index (χ1v) is 10.4. The molecule has 0 aromatic heterocycles. The molecule has 0 radical (unpaired) electrons. The summed E-state index contributed by atoms with van der Waals surface area (Å²) in [4.78, 5) is 29.6. The minimum Gasteiger partial charge on any atom is -0.481 e. The van der Waals surface area contributed by atoms with Crippen LogP contribution in [-0.2, 0) is 19.2 Å². The van der Waals surface area contributed by atoms with Crippen LogP contribution in [0.4, 0.5) is 0 Å². The molecule has 0 saturated carbocycles. The van der Waals surface area contributed by atoms with Crippen LogP contribution in [0.2, 0.25) is 0 Å². The number of nitrogens with one attached hydrogen (secondary N) is 2. The summed E-state index contributed by atoms with van der Waals surface area (Å²) in [7, 11) is 0. The Morgan fingerprint density at radius 1 is 1.23 bits per heavy atom. The Kier molecular flexibility index (Phi) is 7.60. The number of amidine groups is 1. The molecule has 2 heterocycles. The average molecular weight is 434 g/mol. The van der Waals surface area contributed by atoms with Crippen molar-refractivity contribution in [2.75, 3.05) is 26.2 Å². The van der Waals surface area contributed by atoms with Gasteiger partial charge in [0.15, 0.2) is 0 Å². The predicted molar refractivity (Wildman–Crippen MR) is 112 cm³/mol. The van der Waals surface area contributed by atoms with Crippen molar-refractivity contribution in [2.45, 2.75) is 49.9 Å². The molecule has 2 unspecified atom stereocenters. The quantitative estimate of drug-likeness (QED) is 0.268. The molecule has 2 aliphatic rings. The molecule has 2 atom stereocenters. The normalized spacial score (nSPS) is 23.5. The summed E-state index contributed by atoms with van der Waals surface area (Å²) in [5.41, 5.74) is 9.73. The first-order valence-electron chi connectivity index (χ1n) is 10.4. The smallest absolute Gasteiger partial charge is 0.317 e. The Bertz CT molecular complexity index is 792. The number of hydrogen-bond donors (Lipinski definition) is 5. The zero-order chi connectivity index (χ0) is 22.4. The van der Waals surface area contributed by atoms with Crippen molar-refractivity contribution < 1.29 is 29.4 Å². The summed E-state index contributed by atoms with van der Waals surface area (Å²) in [6.07, 6.45) is 2.38. The van der Waals surface area contributed by atoms with E-state index in [1.54, 1.807) is 12.1 Å². The molecule has 2 fully saturated rings. The number of hydroxylamine groups is 1. The van der Waals surface area contributed by atoms with E-state index in [0.29, 0.717) is 37.9 Å². The number of rotatable bonds is 10. The molecule has 10 heteroatoms. The molecule has 0 aliphatic carbocycles. The lowest BCUT2D eigenvalue weighted by Gasteiger charge is -2.42. The highest BCUT2D eigenvalue weighted by molar-refractivity contribution is 5.94. The highest BCUT2D eigenvalue weighted by Crippen LogP contribution is 2.36. The van der Waals surface area contributed by atoms with E-state index in [4.69, 9.17) is 30.9 Å². The van der Waals surface area contributed by atoms with Gasteiger partial charge < -0.3 is 20.7 Å². The minimum atomic E-state index is -0.911. The molecule has 2 aliphatic heterocycles. The van der Waals surface area contributed by atoms with Gasteiger partial charge in [-0.25, -0.2) is 0 Å². The second-order valence-electron chi connectivity index (χ2n) is 8.23. The fraction of sp³-hybridized carbons (Fsp3) is 0.571. The van der Waals surface area contributed by atoms with E-state index < -0.39 is 17.5 Å². The van der Waals surface area contributed by atoms with Gasteiger partial charge in [-0.2, -0.15) is 5.48 Å². The second kappa shape index (κ2) is 10.2. The molecule has 1 aromatic rings. The Hall–Kier alpha value is -2.53. The lowest BCUT2D eigenvalue weighted by atomic mass is 9.84. The van der Waals surface area contributed by atoms with Crippen molar-refractivity contribution >= 4 is 17.8 Å². The Morgan fingerprint density at radius 3 is 2.48 bits per heavy atom. The maximum atomic E-state index is 11.0. The molecule has 31 heavy (non-hydrogen) atoms. The van der Waals surface area contributed by atoms with E-state index >= 15 is 0 Å². The summed E-state index contributed by atoms with van der Waals surface area (Å²) in [5.74, 6) is -1.75. The van der Waals surface area contributed by atoms with Crippen LogP contribution < -0.4 is 11.2 Å². The van der Waals surface area contributed by atoms with Gasteiger partial charge in [-0.3, -0.25) is 24.7 Å². The van der Waals surface area contributed by atoms with E-state index in [2.05, 4.69) is 5.48 Å². The Balaban J connectivity index is 1.61. The fourth-order valence-corrected chi connectivity index (χ4v) is 4.25. The molecule has 10 nitrogen and oxygen atoms in total. The average Bonchev–Trinajstić information content (AvgIpc) is 3.17. The number of carboxylic acids is 2. The molecule has 6 N–H and O–H groups in total. The van der Waals surface area contributed by atoms with E-state index in [-0.39, 0.29) is 37.6 Å². The van der Waals surface area contributed by atoms with Gasteiger partial charge in [-0.1, -0.05) is 24.3 Å². The number of nitrogens with two attached hydrogens (primary N) is 1. The van der Waals surface area contributed by atoms with Gasteiger partial charge in [0.05, 0.1) is 37.3 Å². The van der Waals surface area contributed by atoms with Crippen LogP contribution in [0.15, 0.2) is 24.3 Å². The lowest BCUT2D eigenvalue weighted by molar-refractivity contribution is -0.148. The Labute approximate surface area is 180 Å². The third-order valence-electron chi connectivity index (χ3n) is 5.95. The van der Waals surface area contributed by atoms with Crippen LogP contribution in [0.5, 0.6) is 0 Å². The zero-order valence-corrected chi connectivity index (χ0v) is 17.4. The van der Waals surface area contributed by atoms with Gasteiger partial charge in [0, 0.05) is 25.1 Å². The largest absolute Gasteiger partial charge is 0.481 e. The van der Waals surface area contributed by atoms with Crippen molar-refractivity contribution in [3.05, 3.63) is 35.4 Å². The molecule has 0 spiro atoms. The van der Waals surface area contributed by atoms with Gasteiger partial charge in [-0.05, 0) is 24.8 Å².